The maximum Gasteiger partial charge on any atom is 0.270 e. The third-order valence-corrected chi connectivity index (χ3v) is 3.95. The van der Waals surface area contributed by atoms with E-state index >= 15 is 0 Å². The van der Waals surface area contributed by atoms with Crippen LogP contribution >= 0.6 is 0 Å². The summed E-state index contributed by atoms with van der Waals surface area (Å²) in [5, 5.41) is 10.9. The van der Waals surface area contributed by atoms with Crippen molar-refractivity contribution in [2.24, 2.45) is 0 Å². The lowest BCUT2D eigenvalue weighted by Crippen LogP contribution is -1.96. The van der Waals surface area contributed by atoms with E-state index in [0.717, 1.165) is 22.4 Å². The van der Waals surface area contributed by atoms with Crippen molar-refractivity contribution < 1.29 is 14.4 Å². The van der Waals surface area contributed by atoms with Crippen molar-refractivity contribution in [3.63, 3.8) is 0 Å². The average molecular weight is 349 g/mol. The lowest BCUT2D eigenvalue weighted by atomic mass is 10.1. The fourth-order valence-corrected chi connectivity index (χ4v) is 2.66. The van der Waals surface area contributed by atoms with Gasteiger partial charge in [0.05, 0.1) is 4.92 Å². The molecule has 0 aliphatic rings. The Hall–Kier alpha value is -3.34. The molecule has 0 spiro atoms. The van der Waals surface area contributed by atoms with Crippen LogP contribution in [0, 0.1) is 24.0 Å². The van der Waals surface area contributed by atoms with Crippen molar-refractivity contribution in [1.82, 2.24) is 0 Å². The molecule has 0 aliphatic heterocycles. The Labute approximate surface area is 152 Å². The van der Waals surface area contributed by atoms with E-state index in [1.54, 1.807) is 13.8 Å². The van der Waals surface area contributed by atoms with Crippen LogP contribution in [0.15, 0.2) is 66.7 Å². The van der Waals surface area contributed by atoms with Gasteiger partial charge in [0.2, 0.25) is 0 Å². The van der Waals surface area contributed by atoms with Crippen LogP contribution in [0.25, 0.3) is 0 Å². The van der Waals surface area contributed by atoms with Crippen LogP contribution in [0.4, 0.5) is 5.69 Å². The lowest BCUT2D eigenvalue weighted by molar-refractivity contribution is -0.385. The van der Waals surface area contributed by atoms with Crippen molar-refractivity contribution in [3.8, 4) is 17.2 Å². The van der Waals surface area contributed by atoms with Gasteiger partial charge in [-0.05, 0) is 54.8 Å². The maximum atomic E-state index is 10.9. The highest BCUT2D eigenvalue weighted by atomic mass is 16.6. The summed E-state index contributed by atoms with van der Waals surface area (Å²) in [6.45, 7) is 4.10. The van der Waals surface area contributed by atoms with Crippen LogP contribution in [-0.4, -0.2) is 4.92 Å². The summed E-state index contributed by atoms with van der Waals surface area (Å²) in [6.07, 6.45) is 0. The number of rotatable bonds is 6. The first-order chi connectivity index (χ1) is 12.5. The third kappa shape index (κ3) is 4.19. The number of hydrogen-bond acceptors (Lipinski definition) is 4. The SMILES string of the molecule is Cc1cc([N+](=O)[O-])cc(C)c1Oc1ccc(OCc2ccccc2)cc1. The van der Waals surface area contributed by atoms with E-state index in [4.69, 9.17) is 9.47 Å². The lowest BCUT2D eigenvalue weighted by Gasteiger charge is -2.12. The van der Waals surface area contributed by atoms with Crippen molar-refractivity contribution >= 4 is 5.69 Å². The quantitative estimate of drug-likeness (QED) is 0.430. The van der Waals surface area contributed by atoms with Gasteiger partial charge in [0.25, 0.3) is 5.69 Å². The van der Waals surface area contributed by atoms with Gasteiger partial charge in [0.1, 0.15) is 23.9 Å². The van der Waals surface area contributed by atoms with Crippen LogP contribution < -0.4 is 9.47 Å². The molecule has 0 N–H and O–H groups in total. The zero-order valence-electron chi connectivity index (χ0n) is 14.6. The second-order valence-corrected chi connectivity index (χ2v) is 6.01. The van der Waals surface area contributed by atoms with Crippen molar-refractivity contribution in [3.05, 3.63) is 93.5 Å². The summed E-state index contributed by atoms with van der Waals surface area (Å²) in [4.78, 5) is 10.5. The summed E-state index contributed by atoms with van der Waals surface area (Å²) in [7, 11) is 0. The predicted octanol–water partition coefficient (Wildman–Crippen LogP) is 5.58. The molecule has 0 aromatic heterocycles. The van der Waals surface area contributed by atoms with Gasteiger partial charge >= 0.3 is 0 Å². The first kappa shape index (κ1) is 17.5. The summed E-state index contributed by atoms with van der Waals surface area (Å²) < 4.78 is 11.7. The molecule has 26 heavy (non-hydrogen) atoms. The second-order valence-electron chi connectivity index (χ2n) is 6.01. The van der Waals surface area contributed by atoms with Crippen molar-refractivity contribution in [1.29, 1.82) is 0 Å². The van der Waals surface area contributed by atoms with Gasteiger partial charge in [-0.25, -0.2) is 0 Å². The zero-order valence-corrected chi connectivity index (χ0v) is 14.6. The van der Waals surface area contributed by atoms with Gasteiger partial charge < -0.3 is 9.47 Å². The molecule has 0 aliphatic carbocycles. The van der Waals surface area contributed by atoms with Crippen LogP contribution in [-0.2, 0) is 6.61 Å². The fourth-order valence-electron chi connectivity index (χ4n) is 2.66. The molecule has 0 bridgehead atoms. The maximum absolute atomic E-state index is 10.9. The number of nitrogens with zero attached hydrogens (tertiary/aromatic N) is 1. The molecule has 3 rings (SSSR count). The molecule has 0 fully saturated rings. The molecule has 3 aromatic carbocycles. The van der Waals surface area contributed by atoms with E-state index in [9.17, 15) is 10.1 Å². The second kappa shape index (κ2) is 7.70. The molecule has 5 heteroatoms. The van der Waals surface area contributed by atoms with Gasteiger partial charge in [-0.2, -0.15) is 0 Å². The molecular weight excluding hydrogens is 330 g/mol. The summed E-state index contributed by atoms with van der Waals surface area (Å²) in [5.74, 6) is 2.03. The molecule has 0 unspecified atom stereocenters. The Balaban J connectivity index is 1.69. The molecule has 0 heterocycles. The van der Waals surface area contributed by atoms with E-state index in [0.29, 0.717) is 18.1 Å². The number of non-ortho nitro benzene ring substituents is 1. The molecule has 0 saturated carbocycles. The highest BCUT2D eigenvalue weighted by Crippen LogP contribution is 2.32. The Morgan fingerprint density at radius 3 is 2.04 bits per heavy atom. The Kier molecular flexibility index (Phi) is 5.17. The summed E-state index contributed by atoms with van der Waals surface area (Å²) >= 11 is 0. The summed E-state index contributed by atoms with van der Waals surface area (Å²) in [5.41, 5.74) is 2.61. The average Bonchev–Trinajstić information content (AvgIpc) is 2.64. The van der Waals surface area contributed by atoms with E-state index in [1.165, 1.54) is 12.1 Å². The van der Waals surface area contributed by atoms with Crippen molar-refractivity contribution in [2.45, 2.75) is 20.5 Å². The highest BCUT2D eigenvalue weighted by Gasteiger charge is 2.13. The van der Waals surface area contributed by atoms with E-state index < -0.39 is 4.92 Å². The number of nitro groups is 1. The smallest absolute Gasteiger partial charge is 0.270 e. The molecule has 3 aromatic rings. The molecule has 132 valence electrons. The molecule has 0 atom stereocenters. The zero-order chi connectivity index (χ0) is 18.5. The van der Waals surface area contributed by atoms with Gasteiger partial charge in [-0.15, -0.1) is 0 Å². The molecule has 0 radical (unpaired) electrons. The van der Waals surface area contributed by atoms with Gasteiger partial charge in [-0.3, -0.25) is 10.1 Å². The Bertz CT molecular complexity index is 882. The predicted molar refractivity (Wildman–Crippen MR) is 99.9 cm³/mol. The number of aryl methyl sites for hydroxylation is 2. The van der Waals surface area contributed by atoms with Crippen molar-refractivity contribution in [2.75, 3.05) is 0 Å². The van der Waals surface area contributed by atoms with Gasteiger partial charge in [-0.1, -0.05) is 30.3 Å². The van der Waals surface area contributed by atoms with E-state index in [-0.39, 0.29) is 5.69 Å². The minimum absolute atomic E-state index is 0.0667. The number of ether oxygens (including phenoxy) is 2. The van der Waals surface area contributed by atoms with Crippen LogP contribution in [0.5, 0.6) is 17.2 Å². The minimum atomic E-state index is -0.400. The van der Waals surface area contributed by atoms with Gasteiger partial charge in [0.15, 0.2) is 0 Å². The highest BCUT2D eigenvalue weighted by molar-refractivity contribution is 5.50. The number of nitro benzene ring substituents is 1. The molecule has 0 saturated heterocycles. The standard InChI is InChI=1S/C21H19NO4/c1-15-12-18(22(23)24)13-16(2)21(15)26-20-10-8-19(9-11-20)25-14-17-6-4-3-5-7-17/h3-13H,14H2,1-2H3. The normalized spacial score (nSPS) is 10.4. The third-order valence-electron chi connectivity index (χ3n) is 3.95. The van der Waals surface area contributed by atoms with Gasteiger partial charge in [0, 0.05) is 12.1 Å². The summed E-state index contributed by atoms with van der Waals surface area (Å²) in [6, 6.07) is 20.3. The van der Waals surface area contributed by atoms with Crippen LogP contribution in [0.1, 0.15) is 16.7 Å². The number of hydrogen-bond donors (Lipinski definition) is 0. The van der Waals surface area contributed by atoms with E-state index in [1.807, 2.05) is 54.6 Å². The minimum Gasteiger partial charge on any atom is -0.489 e. The topological polar surface area (TPSA) is 61.6 Å². The Morgan fingerprint density at radius 1 is 0.885 bits per heavy atom. The molecule has 0 amide bonds. The fraction of sp³-hybridized carbons (Fsp3) is 0.143. The molecule has 5 nitrogen and oxygen atoms in total. The monoisotopic (exact) mass is 349 g/mol. The first-order valence-corrected chi connectivity index (χ1v) is 8.23. The number of benzene rings is 3. The largest absolute Gasteiger partial charge is 0.489 e. The van der Waals surface area contributed by atoms with Crippen LogP contribution in [0.3, 0.4) is 0 Å². The van der Waals surface area contributed by atoms with E-state index in [2.05, 4.69) is 0 Å². The van der Waals surface area contributed by atoms with Crippen LogP contribution in [0.2, 0.25) is 0 Å². The first-order valence-electron chi connectivity index (χ1n) is 8.23. The Morgan fingerprint density at radius 2 is 1.46 bits per heavy atom. The molecular formula is C21H19NO4.